The molecule has 1 atom stereocenters. The van der Waals surface area contributed by atoms with E-state index in [4.69, 9.17) is 5.26 Å². The molecule has 18 heavy (non-hydrogen) atoms. The molecule has 1 rings (SSSR count). The molecule has 0 aromatic heterocycles. The monoisotopic (exact) mass is 249 g/mol. The summed E-state index contributed by atoms with van der Waals surface area (Å²) in [4.78, 5) is 11.5. The summed E-state index contributed by atoms with van der Waals surface area (Å²) in [7, 11) is 0. The van der Waals surface area contributed by atoms with Crippen molar-refractivity contribution in [1.82, 2.24) is 10.6 Å². The minimum atomic E-state index is -0.530. The third-order valence-corrected chi connectivity index (χ3v) is 2.51. The molecular formula is C13H16FN3O. The number of benzene rings is 1. The van der Waals surface area contributed by atoms with Crippen molar-refractivity contribution in [2.45, 2.75) is 26.4 Å². The quantitative estimate of drug-likeness (QED) is 0.827. The summed E-state index contributed by atoms with van der Waals surface area (Å²) in [5, 5.41) is 14.4. The zero-order valence-electron chi connectivity index (χ0n) is 10.5. The molecule has 0 heterocycles. The Labute approximate surface area is 106 Å². The molecule has 0 saturated heterocycles. The Morgan fingerprint density at radius 1 is 1.56 bits per heavy atom. The second kappa shape index (κ2) is 6.72. The molecule has 0 aliphatic rings. The minimum Gasteiger partial charge on any atom is -0.355 e. The van der Waals surface area contributed by atoms with Crippen LogP contribution in [-0.2, 0) is 11.3 Å². The maximum Gasteiger partial charge on any atom is 0.236 e. The smallest absolute Gasteiger partial charge is 0.236 e. The topological polar surface area (TPSA) is 64.9 Å². The zero-order chi connectivity index (χ0) is 13.5. The van der Waals surface area contributed by atoms with E-state index in [2.05, 4.69) is 10.6 Å². The van der Waals surface area contributed by atoms with E-state index in [0.717, 1.165) is 5.56 Å². The second-order valence-electron chi connectivity index (χ2n) is 3.92. The lowest BCUT2D eigenvalue weighted by Crippen LogP contribution is -2.41. The molecule has 2 N–H and O–H groups in total. The van der Waals surface area contributed by atoms with Gasteiger partial charge < -0.3 is 10.6 Å². The summed E-state index contributed by atoms with van der Waals surface area (Å²) in [5.74, 6) is -0.613. The molecule has 1 unspecified atom stereocenters. The number of nitrogens with zero attached hydrogens (tertiary/aromatic N) is 1. The van der Waals surface area contributed by atoms with Crippen LogP contribution in [0, 0.1) is 17.1 Å². The van der Waals surface area contributed by atoms with E-state index in [1.807, 2.05) is 6.92 Å². The van der Waals surface area contributed by atoms with E-state index < -0.39 is 5.82 Å². The van der Waals surface area contributed by atoms with Crippen LogP contribution in [0.2, 0.25) is 0 Å². The van der Waals surface area contributed by atoms with E-state index in [-0.39, 0.29) is 17.5 Å². The Morgan fingerprint density at radius 3 is 2.89 bits per heavy atom. The number of amides is 1. The molecule has 4 nitrogen and oxygen atoms in total. The molecule has 96 valence electrons. The third-order valence-electron chi connectivity index (χ3n) is 2.51. The third kappa shape index (κ3) is 3.82. The van der Waals surface area contributed by atoms with Gasteiger partial charge in [-0.15, -0.1) is 0 Å². The van der Waals surface area contributed by atoms with Gasteiger partial charge >= 0.3 is 0 Å². The van der Waals surface area contributed by atoms with Crippen molar-refractivity contribution in [2.24, 2.45) is 0 Å². The summed E-state index contributed by atoms with van der Waals surface area (Å²) in [6.45, 7) is 4.59. The molecule has 0 saturated carbocycles. The summed E-state index contributed by atoms with van der Waals surface area (Å²) < 4.78 is 13.1. The highest BCUT2D eigenvalue weighted by molar-refractivity contribution is 5.81. The molecule has 0 bridgehead atoms. The molecule has 1 amide bonds. The van der Waals surface area contributed by atoms with Crippen molar-refractivity contribution >= 4 is 5.91 Å². The molecule has 0 aliphatic heterocycles. The first-order valence-corrected chi connectivity index (χ1v) is 5.78. The van der Waals surface area contributed by atoms with E-state index in [1.165, 1.54) is 12.1 Å². The van der Waals surface area contributed by atoms with Crippen LogP contribution >= 0.6 is 0 Å². The number of nitriles is 1. The van der Waals surface area contributed by atoms with Gasteiger partial charge in [-0.25, -0.2) is 4.39 Å². The van der Waals surface area contributed by atoms with E-state index in [0.29, 0.717) is 13.1 Å². The molecule has 5 heteroatoms. The lowest BCUT2D eigenvalue weighted by atomic mass is 10.1. The van der Waals surface area contributed by atoms with Gasteiger partial charge in [-0.05, 0) is 31.5 Å². The predicted octanol–water partition coefficient (Wildman–Crippen LogP) is 1.31. The Kier molecular flexibility index (Phi) is 5.28. The van der Waals surface area contributed by atoms with Gasteiger partial charge in [0.1, 0.15) is 11.9 Å². The Bertz CT molecular complexity index is 468. The van der Waals surface area contributed by atoms with Gasteiger partial charge in [0.2, 0.25) is 5.91 Å². The fourth-order valence-corrected chi connectivity index (χ4v) is 1.46. The number of hydrogen-bond donors (Lipinski definition) is 2. The average Bonchev–Trinajstić information content (AvgIpc) is 2.37. The Hall–Kier alpha value is -1.93. The van der Waals surface area contributed by atoms with Crippen LogP contribution in [0.1, 0.15) is 25.0 Å². The number of halogens is 1. The van der Waals surface area contributed by atoms with Crippen molar-refractivity contribution in [1.29, 1.82) is 5.26 Å². The van der Waals surface area contributed by atoms with Crippen molar-refractivity contribution in [3.63, 3.8) is 0 Å². The SMILES string of the molecule is CCNC(=O)C(C)NCc1ccc(F)c(C#N)c1. The summed E-state index contributed by atoms with van der Waals surface area (Å²) in [6, 6.07) is 5.78. The fraction of sp³-hybridized carbons (Fsp3) is 0.385. The molecule has 1 aromatic rings. The standard InChI is InChI=1S/C13H16FN3O/c1-3-16-13(18)9(2)17-8-10-4-5-12(14)11(6-10)7-15/h4-6,9,17H,3,8H2,1-2H3,(H,16,18). The van der Waals surface area contributed by atoms with Crippen molar-refractivity contribution in [3.05, 3.63) is 35.1 Å². The Morgan fingerprint density at radius 2 is 2.28 bits per heavy atom. The molecule has 0 aliphatic carbocycles. The first-order valence-electron chi connectivity index (χ1n) is 5.78. The number of hydrogen-bond acceptors (Lipinski definition) is 3. The van der Waals surface area contributed by atoms with Gasteiger partial charge in [-0.2, -0.15) is 5.26 Å². The Balaban J connectivity index is 2.59. The van der Waals surface area contributed by atoms with Gasteiger partial charge in [-0.3, -0.25) is 4.79 Å². The van der Waals surface area contributed by atoms with Crippen LogP contribution in [0.4, 0.5) is 4.39 Å². The highest BCUT2D eigenvalue weighted by Crippen LogP contribution is 2.09. The fourth-order valence-electron chi connectivity index (χ4n) is 1.46. The van der Waals surface area contributed by atoms with Gasteiger partial charge in [-0.1, -0.05) is 6.07 Å². The first-order chi connectivity index (χ1) is 8.58. The minimum absolute atomic E-state index is 0.0139. The van der Waals surface area contributed by atoms with Crippen molar-refractivity contribution < 1.29 is 9.18 Å². The summed E-state index contributed by atoms with van der Waals surface area (Å²) >= 11 is 0. The molecular weight excluding hydrogens is 233 g/mol. The second-order valence-corrected chi connectivity index (χ2v) is 3.92. The van der Waals surface area contributed by atoms with Gasteiger partial charge in [0.25, 0.3) is 0 Å². The predicted molar refractivity (Wildman–Crippen MR) is 66.1 cm³/mol. The first kappa shape index (κ1) is 14.1. The highest BCUT2D eigenvalue weighted by atomic mass is 19.1. The van der Waals surface area contributed by atoms with Crippen LogP contribution < -0.4 is 10.6 Å². The van der Waals surface area contributed by atoms with E-state index in [9.17, 15) is 9.18 Å². The molecule has 0 spiro atoms. The van der Waals surface area contributed by atoms with E-state index >= 15 is 0 Å². The van der Waals surface area contributed by atoms with Crippen LogP contribution in [0.15, 0.2) is 18.2 Å². The van der Waals surface area contributed by atoms with Gasteiger partial charge in [0.05, 0.1) is 11.6 Å². The molecule has 1 aromatic carbocycles. The van der Waals surface area contributed by atoms with Crippen LogP contribution in [0.5, 0.6) is 0 Å². The van der Waals surface area contributed by atoms with Crippen molar-refractivity contribution in [3.8, 4) is 6.07 Å². The largest absolute Gasteiger partial charge is 0.355 e. The number of likely N-dealkylation sites (N-methyl/N-ethyl adjacent to an activating group) is 1. The van der Waals surface area contributed by atoms with Crippen LogP contribution in [0.3, 0.4) is 0 Å². The maximum atomic E-state index is 13.1. The average molecular weight is 249 g/mol. The maximum absolute atomic E-state index is 13.1. The highest BCUT2D eigenvalue weighted by Gasteiger charge is 2.11. The normalized spacial score (nSPS) is 11.7. The zero-order valence-corrected chi connectivity index (χ0v) is 10.5. The number of rotatable bonds is 5. The van der Waals surface area contributed by atoms with Crippen LogP contribution in [0.25, 0.3) is 0 Å². The summed E-state index contributed by atoms with van der Waals surface area (Å²) in [5.41, 5.74) is 0.782. The number of carbonyl (C=O) groups excluding carboxylic acids is 1. The lowest BCUT2D eigenvalue weighted by Gasteiger charge is -2.13. The van der Waals surface area contributed by atoms with Crippen molar-refractivity contribution in [2.75, 3.05) is 6.54 Å². The van der Waals surface area contributed by atoms with Gasteiger partial charge in [0.15, 0.2) is 0 Å². The number of carbonyl (C=O) groups is 1. The van der Waals surface area contributed by atoms with E-state index in [1.54, 1.807) is 19.1 Å². The molecule has 0 radical (unpaired) electrons. The van der Waals surface area contributed by atoms with Crippen LogP contribution in [-0.4, -0.2) is 18.5 Å². The van der Waals surface area contributed by atoms with Gasteiger partial charge in [0, 0.05) is 13.1 Å². The summed E-state index contributed by atoms with van der Waals surface area (Å²) in [6.07, 6.45) is 0. The molecule has 0 fully saturated rings. The number of nitrogens with one attached hydrogen (secondary N) is 2. The lowest BCUT2D eigenvalue weighted by molar-refractivity contribution is -0.122.